The second-order valence-electron chi connectivity index (χ2n) is 5.87. The van der Waals surface area contributed by atoms with Gasteiger partial charge in [0.05, 0.1) is 19.3 Å². The minimum absolute atomic E-state index is 0.184. The zero-order valence-corrected chi connectivity index (χ0v) is 13.4. The van der Waals surface area contributed by atoms with Gasteiger partial charge in [-0.05, 0) is 38.0 Å². The summed E-state index contributed by atoms with van der Waals surface area (Å²) in [5.74, 6) is 0.919. The van der Waals surface area contributed by atoms with Gasteiger partial charge < -0.3 is 15.2 Å². The van der Waals surface area contributed by atoms with Crippen LogP contribution in [-0.4, -0.2) is 43.3 Å². The van der Waals surface area contributed by atoms with E-state index in [1.54, 1.807) is 0 Å². The predicted molar refractivity (Wildman–Crippen MR) is 85.6 cm³/mol. The van der Waals surface area contributed by atoms with Crippen molar-refractivity contribution in [3.05, 3.63) is 29.8 Å². The quantitative estimate of drug-likeness (QED) is 0.875. The number of nitrogens with zero attached hydrogens (tertiary/aromatic N) is 1. The molecule has 2 rings (SSSR count). The molecule has 2 unspecified atom stereocenters. The molecule has 21 heavy (non-hydrogen) atoms. The van der Waals surface area contributed by atoms with Gasteiger partial charge in [-0.3, -0.25) is 4.90 Å². The fourth-order valence-electron chi connectivity index (χ4n) is 2.96. The number of nitrogens with two attached hydrogens (primary N) is 1. The molecule has 1 aromatic carbocycles. The molecule has 0 amide bonds. The maximum absolute atomic E-state index is 6.08. The van der Waals surface area contributed by atoms with E-state index in [1.807, 2.05) is 19.9 Å². The summed E-state index contributed by atoms with van der Waals surface area (Å²) in [6, 6.07) is 9.01. The highest BCUT2D eigenvalue weighted by atomic mass is 16.5. The van der Waals surface area contributed by atoms with Crippen molar-refractivity contribution in [2.24, 2.45) is 5.73 Å². The summed E-state index contributed by atoms with van der Waals surface area (Å²) < 4.78 is 11.4. The van der Waals surface area contributed by atoms with Crippen molar-refractivity contribution in [2.45, 2.75) is 45.4 Å². The number of rotatable bonds is 6. The number of morpholine rings is 1. The predicted octanol–water partition coefficient (Wildman–Crippen LogP) is 2.58. The molecule has 0 bridgehead atoms. The maximum atomic E-state index is 6.08. The molecule has 4 nitrogen and oxygen atoms in total. The van der Waals surface area contributed by atoms with Gasteiger partial charge in [0.15, 0.2) is 0 Å². The fourth-order valence-corrected chi connectivity index (χ4v) is 2.96. The minimum Gasteiger partial charge on any atom is -0.491 e. The Morgan fingerprint density at radius 1 is 1.43 bits per heavy atom. The molecule has 1 aliphatic heterocycles. The Hall–Kier alpha value is -1.10. The van der Waals surface area contributed by atoms with Crippen LogP contribution in [0.4, 0.5) is 0 Å². The molecule has 1 heterocycles. The first-order valence-electron chi connectivity index (χ1n) is 7.95. The van der Waals surface area contributed by atoms with Gasteiger partial charge >= 0.3 is 0 Å². The van der Waals surface area contributed by atoms with Crippen LogP contribution in [0.3, 0.4) is 0 Å². The van der Waals surface area contributed by atoms with Crippen LogP contribution in [-0.2, 0) is 4.74 Å². The van der Waals surface area contributed by atoms with Gasteiger partial charge in [-0.15, -0.1) is 0 Å². The molecule has 0 radical (unpaired) electrons. The molecule has 118 valence electrons. The lowest BCUT2D eigenvalue weighted by molar-refractivity contribution is -0.0291. The molecule has 4 heteroatoms. The van der Waals surface area contributed by atoms with Gasteiger partial charge in [0.1, 0.15) is 5.75 Å². The van der Waals surface area contributed by atoms with Crippen LogP contribution in [0.25, 0.3) is 0 Å². The summed E-state index contributed by atoms with van der Waals surface area (Å²) in [7, 11) is 0. The Labute approximate surface area is 128 Å². The normalized spacial score (nSPS) is 21.5. The van der Waals surface area contributed by atoms with Crippen molar-refractivity contribution in [3.63, 3.8) is 0 Å². The summed E-state index contributed by atoms with van der Waals surface area (Å²) in [6.45, 7) is 9.43. The van der Waals surface area contributed by atoms with E-state index in [2.05, 4.69) is 30.0 Å². The van der Waals surface area contributed by atoms with E-state index < -0.39 is 0 Å². The van der Waals surface area contributed by atoms with E-state index in [0.29, 0.717) is 12.6 Å². The largest absolute Gasteiger partial charge is 0.491 e. The van der Waals surface area contributed by atoms with Gasteiger partial charge in [0.2, 0.25) is 0 Å². The highest BCUT2D eigenvalue weighted by molar-refractivity contribution is 5.31. The molecule has 2 N–H and O–H groups in total. The van der Waals surface area contributed by atoms with Crippen molar-refractivity contribution >= 4 is 0 Å². The molecule has 1 aromatic rings. The number of benzene rings is 1. The topological polar surface area (TPSA) is 47.7 Å². The first-order chi connectivity index (χ1) is 10.2. The second kappa shape index (κ2) is 7.78. The van der Waals surface area contributed by atoms with Crippen molar-refractivity contribution in [2.75, 3.05) is 26.3 Å². The average Bonchev–Trinajstić information content (AvgIpc) is 2.48. The van der Waals surface area contributed by atoms with Gasteiger partial charge in [0, 0.05) is 25.2 Å². The van der Waals surface area contributed by atoms with Crippen molar-refractivity contribution < 1.29 is 9.47 Å². The van der Waals surface area contributed by atoms with Crippen LogP contribution in [0.1, 0.15) is 38.8 Å². The summed E-state index contributed by atoms with van der Waals surface area (Å²) in [6.07, 6.45) is 1.27. The molecular formula is C17H28N2O2. The number of ether oxygens (including phenoxy) is 2. The van der Waals surface area contributed by atoms with Crippen LogP contribution < -0.4 is 10.5 Å². The Morgan fingerprint density at radius 2 is 2.24 bits per heavy atom. The molecule has 2 atom stereocenters. The van der Waals surface area contributed by atoms with E-state index in [0.717, 1.165) is 31.9 Å². The molecule has 1 saturated heterocycles. The van der Waals surface area contributed by atoms with E-state index in [1.165, 1.54) is 5.56 Å². The monoisotopic (exact) mass is 292 g/mol. The highest BCUT2D eigenvalue weighted by Gasteiger charge is 2.28. The van der Waals surface area contributed by atoms with E-state index in [9.17, 15) is 0 Å². The maximum Gasteiger partial charge on any atom is 0.120 e. The lowest BCUT2D eigenvalue weighted by Gasteiger charge is -2.40. The van der Waals surface area contributed by atoms with Gasteiger partial charge in [-0.25, -0.2) is 0 Å². The van der Waals surface area contributed by atoms with Crippen LogP contribution >= 0.6 is 0 Å². The Balaban J connectivity index is 2.19. The molecule has 1 fully saturated rings. The Bertz CT molecular complexity index is 437. The summed E-state index contributed by atoms with van der Waals surface area (Å²) in [5.41, 5.74) is 7.31. The smallest absolute Gasteiger partial charge is 0.120 e. The Morgan fingerprint density at radius 3 is 2.90 bits per heavy atom. The van der Waals surface area contributed by atoms with Crippen molar-refractivity contribution in [1.29, 1.82) is 0 Å². The highest BCUT2D eigenvalue weighted by Crippen LogP contribution is 2.28. The van der Waals surface area contributed by atoms with Crippen molar-refractivity contribution in [1.82, 2.24) is 4.90 Å². The zero-order chi connectivity index (χ0) is 15.2. The van der Waals surface area contributed by atoms with Crippen LogP contribution in [0, 0.1) is 0 Å². The summed E-state index contributed by atoms with van der Waals surface area (Å²) in [5, 5.41) is 0. The molecular weight excluding hydrogens is 264 g/mol. The van der Waals surface area contributed by atoms with Crippen LogP contribution in [0.2, 0.25) is 0 Å². The molecule has 0 aromatic heterocycles. The van der Waals surface area contributed by atoms with Crippen molar-refractivity contribution in [3.8, 4) is 5.75 Å². The number of hydrogen-bond donors (Lipinski definition) is 1. The van der Waals surface area contributed by atoms with E-state index in [4.69, 9.17) is 15.2 Å². The van der Waals surface area contributed by atoms with Gasteiger partial charge in [-0.1, -0.05) is 19.1 Å². The lowest BCUT2D eigenvalue weighted by atomic mass is 10.0. The van der Waals surface area contributed by atoms with E-state index >= 15 is 0 Å². The minimum atomic E-state index is 0.184. The third-order valence-corrected chi connectivity index (χ3v) is 3.98. The SMILES string of the molecule is CCC1COCCN1C(CN)c1cccc(OC(C)C)c1. The van der Waals surface area contributed by atoms with Crippen LogP contribution in [0.5, 0.6) is 5.75 Å². The third kappa shape index (κ3) is 4.19. The first kappa shape index (κ1) is 16.3. The molecule has 0 spiro atoms. The van der Waals surface area contributed by atoms with Gasteiger partial charge in [0.25, 0.3) is 0 Å². The zero-order valence-electron chi connectivity index (χ0n) is 13.4. The Kier molecular flexibility index (Phi) is 6.03. The van der Waals surface area contributed by atoms with Gasteiger partial charge in [-0.2, -0.15) is 0 Å². The summed E-state index contributed by atoms with van der Waals surface area (Å²) in [4.78, 5) is 2.48. The first-order valence-corrected chi connectivity index (χ1v) is 7.95. The molecule has 0 aliphatic carbocycles. The number of hydrogen-bond acceptors (Lipinski definition) is 4. The average molecular weight is 292 g/mol. The lowest BCUT2D eigenvalue weighted by Crippen LogP contribution is -2.48. The molecule has 1 aliphatic rings. The van der Waals surface area contributed by atoms with E-state index in [-0.39, 0.29) is 12.1 Å². The molecule has 0 saturated carbocycles. The fraction of sp³-hybridized carbons (Fsp3) is 0.647. The third-order valence-electron chi connectivity index (χ3n) is 3.98. The summed E-state index contributed by atoms with van der Waals surface area (Å²) >= 11 is 0. The van der Waals surface area contributed by atoms with Crippen LogP contribution in [0.15, 0.2) is 24.3 Å². The standard InChI is InChI=1S/C17H28N2O2/c1-4-15-12-20-9-8-19(15)17(11-18)14-6-5-7-16(10-14)21-13(2)3/h5-7,10,13,15,17H,4,8-9,11-12,18H2,1-3H3. The second-order valence-corrected chi connectivity index (χ2v) is 5.87.